The lowest BCUT2D eigenvalue weighted by atomic mass is 10.4. The van der Waals surface area contributed by atoms with Crippen LogP contribution in [0.1, 0.15) is 6.92 Å². The fourth-order valence-electron chi connectivity index (χ4n) is 0.793. The summed E-state index contributed by atoms with van der Waals surface area (Å²) in [4.78, 5) is 21.8. The quantitative estimate of drug-likeness (QED) is 0.783. The van der Waals surface area contributed by atoms with Crippen molar-refractivity contribution in [1.82, 2.24) is 0 Å². The topological polar surface area (TPSA) is 79.5 Å². The van der Waals surface area contributed by atoms with Crippen LogP contribution in [0.25, 0.3) is 0 Å². The summed E-state index contributed by atoms with van der Waals surface area (Å²) in [7, 11) is 0. The zero-order chi connectivity index (χ0) is 10.6. The highest BCUT2D eigenvalue weighted by Crippen LogP contribution is 2.14. The number of hydrogen-bond acceptors (Lipinski definition) is 5. The molecule has 0 unspecified atom stereocenters. The third-order valence-corrected chi connectivity index (χ3v) is 1.91. The van der Waals surface area contributed by atoms with Crippen molar-refractivity contribution in [3.05, 3.63) is 22.6 Å². The Morgan fingerprint density at radius 2 is 2.36 bits per heavy atom. The van der Waals surface area contributed by atoms with Gasteiger partial charge in [-0.2, -0.15) is 0 Å². The van der Waals surface area contributed by atoms with Crippen LogP contribution in [0.15, 0.2) is 21.3 Å². The van der Waals surface area contributed by atoms with Crippen molar-refractivity contribution in [3.63, 3.8) is 0 Å². The molecule has 6 heteroatoms. The molecule has 1 aromatic heterocycles. The van der Waals surface area contributed by atoms with Gasteiger partial charge in [0.15, 0.2) is 0 Å². The highest BCUT2D eigenvalue weighted by Gasteiger charge is 2.05. The van der Waals surface area contributed by atoms with E-state index in [1.165, 1.54) is 0 Å². The van der Waals surface area contributed by atoms with Crippen molar-refractivity contribution < 1.29 is 14.3 Å². The number of amides is 1. The van der Waals surface area contributed by atoms with Gasteiger partial charge in [-0.05, 0) is 5.75 Å². The molecule has 0 aliphatic heterocycles. The minimum Gasteiger partial charge on any atom is -0.507 e. The van der Waals surface area contributed by atoms with Gasteiger partial charge in [0.1, 0.15) is 5.75 Å². The average Bonchev–Trinajstić information content (AvgIpc) is 2.01. The molecular weight excluding hydrogens is 206 g/mol. The zero-order valence-corrected chi connectivity index (χ0v) is 8.26. The normalized spacial score (nSPS) is 9.79. The SMILES string of the molecule is CCSC(=O)Nc1cc(O)cc(=O)o1. The van der Waals surface area contributed by atoms with Crippen LogP contribution < -0.4 is 10.9 Å². The zero-order valence-electron chi connectivity index (χ0n) is 7.44. The van der Waals surface area contributed by atoms with Gasteiger partial charge in [0.05, 0.1) is 6.07 Å². The van der Waals surface area contributed by atoms with Gasteiger partial charge < -0.3 is 9.52 Å². The van der Waals surface area contributed by atoms with Crippen molar-refractivity contribution in [2.45, 2.75) is 6.92 Å². The van der Waals surface area contributed by atoms with Crippen LogP contribution in [0, 0.1) is 0 Å². The molecule has 0 saturated heterocycles. The second-order valence-electron chi connectivity index (χ2n) is 2.34. The molecule has 0 fully saturated rings. The van der Waals surface area contributed by atoms with Crippen LogP contribution >= 0.6 is 11.8 Å². The van der Waals surface area contributed by atoms with Gasteiger partial charge in [-0.25, -0.2) is 4.79 Å². The molecule has 2 N–H and O–H groups in total. The standard InChI is InChI=1S/C8H9NO4S/c1-2-14-8(12)9-6-3-5(10)4-7(11)13-6/h3-4,10H,2H2,1H3,(H,9,12). The molecule has 0 bridgehead atoms. The van der Waals surface area contributed by atoms with Crippen LogP contribution in [-0.4, -0.2) is 16.1 Å². The molecule has 1 aromatic rings. The predicted octanol–water partition coefficient (Wildman–Crippen LogP) is 1.63. The first kappa shape index (κ1) is 10.6. The van der Waals surface area contributed by atoms with Gasteiger partial charge in [0.2, 0.25) is 5.88 Å². The van der Waals surface area contributed by atoms with E-state index in [1.807, 2.05) is 6.92 Å². The second kappa shape index (κ2) is 4.71. The third kappa shape index (κ3) is 3.14. The maximum absolute atomic E-state index is 11.0. The van der Waals surface area contributed by atoms with Gasteiger partial charge in [-0.1, -0.05) is 18.7 Å². The van der Waals surface area contributed by atoms with Crippen molar-refractivity contribution in [2.75, 3.05) is 11.1 Å². The summed E-state index contributed by atoms with van der Waals surface area (Å²) in [6, 6.07) is 2.08. The van der Waals surface area contributed by atoms with Crippen molar-refractivity contribution >= 4 is 22.9 Å². The fourth-order valence-corrected chi connectivity index (χ4v) is 1.23. The summed E-state index contributed by atoms with van der Waals surface area (Å²) in [5.41, 5.74) is -0.707. The first-order valence-corrected chi connectivity index (χ1v) is 4.88. The van der Waals surface area contributed by atoms with E-state index < -0.39 is 5.63 Å². The van der Waals surface area contributed by atoms with Crippen LogP contribution in [0.5, 0.6) is 5.75 Å². The molecule has 0 atom stereocenters. The highest BCUT2D eigenvalue weighted by molar-refractivity contribution is 8.13. The number of rotatable bonds is 2. The summed E-state index contributed by atoms with van der Waals surface area (Å²) in [6.07, 6.45) is 0. The molecule has 14 heavy (non-hydrogen) atoms. The molecule has 0 radical (unpaired) electrons. The van der Waals surface area contributed by atoms with Gasteiger partial charge in [0.25, 0.3) is 5.24 Å². The maximum atomic E-state index is 11.0. The Kier molecular flexibility index (Phi) is 3.58. The van der Waals surface area contributed by atoms with Crippen LogP contribution in [0.3, 0.4) is 0 Å². The Balaban J connectivity index is 2.76. The molecule has 76 valence electrons. The maximum Gasteiger partial charge on any atom is 0.341 e. The summed E-state index contributed by atoms with van der Waals surface area (Å²) >= 11 is 1.04. The van der Waals surface area contributed by atoms with Gasteiger partial charge in [-0.15, -0.1) is 0 Å². The first-order valence-electron chi connectivity index (χ1n) is 3.89. The highest BCUT2D eigenvalue weighted by atomic mass is 32.2. The number of nitrogens with one attached hydrogen (secondary N) is 1. The smallest absolute Gasteiger partial charge is 0.341 e. The van der Waals surface area contributed by atoms with Crippen molar-refractivity contribution in [2.24, 2.45) is 0 Å². The molecule has 0 spiro atoms. The number of aromatic hydroxyl groups is 1. The number of carbonyl (C=O) groups is 1. The number of anilines is 1. The lowest BCUT2D eigenvalue weighted by Crippen LogP contribution is -2.07. The Labute approximate surface area is 84.1 Å². The fraction of sp³-hybridized carbons (Fsp3) is 0.250. The lowest BCUT2D eigenvalue weighted by molar-refractivity contribution is 0.269. The molecule has 5 nitrogen and oxygen atoms in total. The molecule has 0 aromatic carbocycles. The van der Waals surface area contributed by atoms with E-state index in [4.69, 9.17) is 5.11 Å². The number of hydrogen-bond donors (Lipinski definition) is 2. The van der Waals surface area contributed by atoms with Gasteiger partial charge in [0, 0.05) is 6.07 Å². The summed E-state index contributed by atoms with van der Waals surface area (Å²) in [5, 5.41) is 11.0. The minimum atomic E-state index is -0.707. The molecule has 1 rings (SSSR count). The van der Waals surface area contributed by atoms with E-state index in [0.29, 0.717) is 5.75 Å². The largest absolute Gasteiger partial charge is 0.507 e. The average molecular weight is 215 g/mol. The molecule has 1 heterocycles. The second-order valence-corrected chi connectivity index (χ2v) is 3.58. The van der Waals surface area contributed by atoms with E-state index in [0.717, 1.165) is 23.9 Å². The summed E-state index contributed by atoms with van der Waals surface area (Å²) in [5.74, 6) is 0.327. The van der Waals surface area contributed by atoms with Crippen LogP contribution in [0.2, 0.25) is 0 Å². The van der Waals surface area contributed by atoms with Crippen molar-refractivity contribution in [3.8, 4) is 5.75 Å². The number of thioether (sulfide) groups is 1. The molecular formula is C8H9NO4S. The van der Waals surface area contributed by atoms with E-state index in [1.54, 1.807) is 0 Å². The summed E-state index contributed by atoms with van der Waals surface area (Å²) < 4.78 is 4.61. The Bertz CT molecular complexity index is 387. The first-order chi connectivity index (χ1) is 6.61. The Morgan fingerprint density at radius 1 is 1.64 bits per heavy atom. The molecule has 0 saturated carbocycles. The Hall–Kier alpha value is -1.43. The van der Waals surface area contributed by atoms with Crippen molar-refractivity contribution in [1.29, 1.82) is 0 Å². The predicted molar refractivity (Wildman–Crippen MR) is 53.8 cm³/mol. The van der Waals surface area contributed by atoms with Crippen LogP contribution in [-0.2, 0) is 0 Å². The third-order valence-electron chi connectivity index (χ3n) is 1.26. The molecule has 0 aliphatic carbocycles. The van der Waals surface area contributed by atoms with E-state index in [2.05, 4.69) is 9.73 Å². The number of carbonyl (C=O) groups excluding carboxylic acids is 1. The van der Waals surface area contributed by atoms with Crippen LogP contribution in [0.4, 0.5) is 10.7 Å². The monoisotopic (exact) mass is 215 g/mol. The Morgan fingerprint density at radius 3 is 2.93 bits per heavy atom. The minimum absolute atomic E-state index is 0.0547. The van der Waals surface area contributed by atoms with E-state index >= 15 is 0 Å². The van der Waals surface area contributed by atoms with E-state index in [9.17, 15) is 9.59 Å². The van der Waals surface area contributed by atoms with Gasteiger partial charge in [-0.3, -0.25) is 10.1 Å². The van der Waals surface area contributed by atoms with E-state index in [-0.39, 0.29) is 16.9 Å². The summed E-state index contributed by atoms with van der Waals surface area (Å²) in [6.45, 7) is 1.82. The molecule has 1 amide bonds. The lowest BCUT2D eigenvalue weighted by Gasteiger charge is -2.01. The molecule has 0 aliphatic rings. The van der Waals surface area contributed by atoms with Gasteiger partial charge >= 0.3 is 5.63 Å².